The number of aromatic nitrogens is 3. The normalized spacial score (nSPS) is 10.9. The number of hydrogen-bond acceptors (Lipinski definition) is 4. The van der Waals surface area contributed by atoms with Crippen molar-refractivity contribution >= 4 is 17.2 Å². The highest BCUT2D eigenvalue weighted by Crippen LogP contribution is 2.17. The van der Waals surface area contributed by atoms with Crippen LogP contribution in [0.2, 0.25) is 0 Å². The molecular formula is C17H16F2N4OS. The number of thiazole rings is 1. The topological polar surface area (TPSA) is 59.8 Å². The van der Waals surface area contributed by atoms with Crippen molar-refractivity contribution in [1.82, 2.24) is 20.1 Å². The van der Waals surface area contributed by atoms with Crippen LogP contribution in [0.5, 0.6) is 0 Å². The summed E-state index contributed by atoms with van der Waals surface area (Å²) in [5.74, 6) is -2.17. The maximum Gasteiger partial charge on any atom is 0.254 e. The lowest BCUT2D eigenvalue weighted by molar-refractivity contribution is 0.0950. The SMILES string of the molecule is Cc1cc(C)n(-c2nc(CCNC(=O)c3ccc(F)cc3F)cs2)n1. The molecule has 2 aromatic heterocycles. The van der Waals surface area contributed by atoms with E-state index in [0.29, 0.717) is 19.0 Å². The summed E-state index contributed by atoms with van der Waals surface area (Å²) < 4.78 is 28.2. The molecule has 1 N–H and O–H groups in total. The van der Waals surface area contributed by atoms with E-state index in [-0.39, 0.29) is 5.56 Å². The fourth-order valence-electron chi connectivity index (χ4n) is 2.40. The Labute approximate surface area is 147 Å². The number of rotatable bonds is 5. The summed E-state index contributed by atoms with van der Waals surface area (Å²) in [6.45, 7) is 4.18. The third kappa shape index (κ3) is 3.90. The van der Waals surface area contributed by atoms with Crippen molar-refractivity contribution in [3.8, 4) is 5.13 Å². The number of aryl methyl sites for hydroxylation is 2. The first-order chi connectivity index (χ1) is 11.9. The van der Waals surface area contributed by atoms with Crippen molar-refractivity contribution in [3.05, 3.63) is 63.9 Å². The number of hydrogen-bond donors (Lipinski definition) is 1. The molecule has 0 saturated heterocycles. The van der Waals surface area contributed by atoms with Crippen LogP contribution < -0.4 is 5.32 Å². The first-order valence-corrected chi connectivity index (χ1v) is 8.53. The number of nitrogens with one attached hydrogen (secondary N) is 1. The molecule has 3 rings (SSSR count). The van der Waals surface area contributed by atoms with E-state index < -0.39 is 17.5 Å². The molecule has 8 heteroatoms. The minimum atomic E-state index is -0.877. The number of carbonyl (C=O) groups is 1. The summed E-state index contributed by atoms with van der Waals surface area (Å²) in [7, 11) is 0. The largest absolute Gasteiger partial charge is 0.352 e. The monoisotopic (exact) mass is 362 g/mol. The van der Waals surface area contributed by atoms with Crippen LogP contribution in [-0.2, 0) is 6.42 Å². The second kappa shape index (κ2) is 7.10. The van der Waals surface area contributed by atoms with Crippen molar-refractivity contribution in [3.63, 3.8) is 0 Å². The Bertz CT molecular complexity index is 919. The molecule has 5 nitrogen and oxygen atoms in total. The molecular weight excluding hydrogens is 346 g/mol. The van der Waals surface area contributed by atoms with Gasteiger partial charge in [-0.25, -0.2) is 18.4 Å². The zero-order chi connectivity index (χ0) is 18.0. The highest BCUT2D eigenvalue weighted by molar-refractivity contribution is 7.12. The number of nitrogens with zero attached hydrogens (tertiary/aromatic N) is 3. The number of carbonyl (C=O) groups excluding carboxylic acids is 1. The molecule has 1 amide bonds. The lowest BCUT2D eigenvalue weighted by atomic mass is 10.2. The van der Waals surface area contributed by atoms with E-state index in [1.807, 2.05) is 25.3 Å². The minimum Gasteiger partial charge on any atom is -0.352 e. The molecule has 0 aliphatic carbocycles. The van der Waals surface area contributed by atoms with Gasteiger partial charge in [0.05, 0.1) is 17.0 Å². The third-order valence-electron chi connectivity index (χ3n) is 3.57. The summed E-state index contributed by atoms with van der Waals surface area (Å²) in [5, 5.41) is 9.65. The van der Waals surface area contributed by atoms with Crippen LogP contribution in [0.15, 0.2) is 29.6 Å². The first kappa shape index (κ1) is 17.2. The zero-order valence-electron chi connectivity index (χ0n) is 13.7. The van der Waals surface area contributed by atoms with Gasteiger partial charge in [-0.2, -0.15) is 5.10 Å². The minimum absolute atomic E-state index is 0.178. The van der Waals surface area contributed by atoms with Crippen molar-refractivity contribution in [2.45, 2.75) is 20.3 Å². The van der Waals surface area contributed by atoms with E-state index in [2.05, 4.69) is 15.4 Å². The molecule has 0 fully saturated rings. The van der Waals surface area contributed by atoms with Gasteiger partial charge in [0.2, 0.25) is 5.13 Å². The predicted molar refractivity (Wildman–Crippen MR) is 91.1 cm³/mol. The van der Waals surface area contributed by atoms with E-state index in [9.17, 15) is 13.6 Å². The van der Waals surface area contributed by atoms with Crippen LogP contribution in [-0.4, -0.2) is 27.2 Å². The van der Waals surface area contributed by atoms with Crippen LogP contribution in [0.25, 0.3) is 5.13 Å². The molecule has 25 heavy (non-hydrogen) atoms. The van der Waals surface area contributed by atoms with Gasteiger partial charge in [-0.3, -0.25) is 4.79 Å². The Hall–Kier alpha value is -2.61. The average Bonchev–Trinajstić information content (AvgIpc) is 3.13. The molecule has 3 aromatic rings. The van der Waals surface area contributed by atoms with Gasteiger partial charge in [-0.15, -0.1) is 11.3 Å². The Balaban J connectivity index is 1.59. The van der Waals surface area contributed by atoms with Gasteiger partial charge in [-0.05, 0) is 32.0 Å². The van der Waals surface area contributed by atoms with Gasteiger partial charge in [0.25, 0.3) is 5.91 Å². The average molecular weight is 362 g/mol. The molecule has 0 bridgehead atoms. The lowest BCUT2D eigenvalue weighted by Crippen LogP contribution is -2.26. The predicted octanol–water partition coefficient (Wildman–Crippen LogP) is 3.20. The molecule has 1 aromatic carbocycles. The van der Waals surface area contributed by atoms with Crippen molar-refractivity contribution in [2.75, 3.05) is 6.54 Å². The van der Waals surface area contributed by atoms with Gasteiger partial charge in [0.15, 0.2) is 0 Å². The summed E-state index contributed by atoms with van der Waals surface area (Å²) in [4.78, 5) is 16.4. The van der Waals surface area contributed by atoms with E-state index in [0.717, 1.165) is 34.3 Å². The molecule has 0 aliphatic rings. The molecule has 0 atom stereocenters. The molecule has 0 aliphatic heterocycles. The molecule has 0 radical (unpaired) electrons. The zero-order valence-corrected chi connectivity index (χ0v) is 14.5. The number of halogens is 2. The third-order valence-corrected chi connectivity index (χ3v) is 4.44. The van der Waals surface area contributed by atoms with Crippen LogP contribution in [0.4, 0.5) is 8.78 Å². The molecule has 130 valence electrons. The van der Waals surface area contributed by atoms with E-state index in [1.165, 1.54) is 11.3 Å². The summed E-state index contributed by atoms with van der Waals surface area (Å²) in [6.07, 6.45) is 0.504. The standard InChI is InChI=1S/C17H16F2N4OS/c1-10-7-11(2)23(22-10)17-21-13(9-25-17)5-6-20-16(24)14-4-3-12(18)8-15(14)19/h3-4,7-9H,5-6H2,1-2H3,(H,20,24). The van der Waals surface area contributed by atoms with Crippen LogP contribution >= 0.6 is 11.3 Å². The molecule has 0 unspecified atom stereocenters. The van der Waals surface area contributed by atoms with Crippen LogP contribution in [0, 0.1) is 25.5 Å². The van der Waals surface area contributed by atoms with Gasteiger partial charge < -0.3 is 5.32 Å². The fourth-order valence-corrected chi connectivity index (χ4v) is 3.27. The summed E-state index contributed by atoms with van der Waals surface area (Å²) in [6, 6.07) is 4.84. The number of benzene rings is 1. The Morgan fingerprint density at radius 1 is 1.28 bits per heavy atom. The molecule has 0 saturated carbocycles. The van der Waals surface area contributed by atoms with Crippen molar-refractivity contribution in [1.29, 1.82) is 0 Å². The van der Waals surface area contributed by atoms with Crippen molar-refractivity contribution in [2.24, 2.45) is 0 Å². The first-order valence-electron chi connectivity index (χ1n) is 7.65. The van der Waals surface area contributed by atoms with Gasteiger partial charge in [0, 0.05) is 30.1 Å². The summed E-state index contributed by atoms with van der Waals surface area (Å²) in [5.41, 5.74) is 2.55. The van der Waals surface area contributed by atoms with E-state index in [1.54, 1.807) is 4.68 Å². The quantitative estimate of drug-likeness (QED) is 0.758. The fraction of sp³-hybridized carbons (Fsp3) is 0.235. The Morgan fingerprint density at radius 2 is 2.08 bits per heavy atom. The Kier molecular flexibility index (Phi) is 4.89. The van der Waals surface area contributed by atoms with Gasteiger partial charge >= 0.3 is 0 Å². The van der Waals surface area contributed by atoms with Crippen LogP contribution in [0.3, 0.4) is 0 Å². The van der Waals surface area contributed by atoms with Crippen molar-refractivity contribution < 1.29 is 13.6 Å². The van der Waals surface area contributed by atoms with E-state index in [4.69, 9.17) is 0 Å². The maximum absolute atomic E-state index is 13.6. The van der Waals surface area contributed by atoms with Crippen LogP contribution in [0.1, 0.15) is 27.4 Å². The molecule has 0 spiro atoms. The summed E-state index contributed by atoms with van der Waals surface area (Å²) >= 11 is 1.46. The maximum atomic E-state index is 13.6. The van der Waals surface area contributed by atoms with E-state index >= 15 is 0 Å². The lowest BCUT2D eigenvalue weighted by Gasteiger charge is -2.05. The Morgan fingerprint density at radius 3 is 2.76 bits per heavy atom. The highest BCUT2D eigenvalue weighted by atomic mass is 32.1. The van der Waals surface area contributed by atoms with Gasteiger partial charge in [-0.1, -0.05) is 0 Å². The highest BCUT2D eigenvalue weighted by Gasteiger charge is 2.13. The second-order valence-corrected chi connectivity index (χ2v) is 6.43. The molecule has 2 heterocycles. The smallest absolute Gasteiger partial charge is 0.254 e. The van der Waals surface area contributed by atoms with Gasteiger partial charge in [0.1, 0.15) is 11.6 Å². The number of amides is 1. The second-order valence-electron chi connectivity index (χ2n) is 5.59.